The van der Waals surface area contributed by atoms with Gasteiger partial charge in [-0.15, -0.1) is 0 Å². The van der Waals surface area contributed by atoms with Crippen LogP contribution in [0.3, 0.4) is 0 Å². The molecule has 1 atom stereocenters. The van der Waals surface area contributed by atoms with Gasteiger partial charge in [0.05, 0.1) is 12.2 Å². The molecule has 1 heterocycles. The molecule has 1 saturated heterocycles. The Morgan fingerprint density at radius 2 is 1.94 bits per heavy atom. The van der Waals surface area contributed by atoms with Crippen LogP contribution in [0.1, 0.15) is 25.8 Å². The van der Waals surface area contributed by atoms with Gasteiger partial charge in [0.1, 0.15) is 24.5 Å². The monoisotopic (exact) mass is 424 g/mol. The average Bonchev–Trinajstić information content (AvgIpc) is 2.75. The molecule has 8 heteroatoms. The van der Waals surface area contributed by atoms with Crippen LogP contribution in [0.4, 0.5) is 21.5 Å². The van der Waals surface area contributed by atoms with Crippen LogP contribution in [0.5, 0.6) is 0 Å². The maximum Gasteiger partial charge on any atom is 0.253 e. The van der Waals surface area contributed by atoms with Crippen LogP contribution in [0.2, 0.25) is 0 Å². The molecule has 7 nitrogen and oxygen atoms in total. The van der Waals surface area contributed by atoms with E-state index in [1.807, 2.05) is 13.8 Å². The lowest BCUT2D eigenvalue weighted by atomic mass is 10.0. The van der Waals surface area contributed by atoms with E-state index in [1.54, 1.807) is 35.2 Å². The van der Waals surface area contributed by atoms with E-state index in [2.05, 4.69) is 10.6 Å². The van der Waals surface area contributed by atoms with Gasteiger partial charge >= 0.3 is 0 Å². The zero-order valence-corrected chi connectivity index (χ0v) is 17.5. The van der Waals surface area contributed by atoms with E-state index in [0.717, 1.165) is 5.69 Å². The van der Waals surface area contributed by atoms with Gasteiger partial charge in [-0.1, -0.05) is 13.8 Å². The summed E-state index contributed by atoms with van der Waals surface area (Å²) in [4.78, 5) is 26.5. The minimum Gasteiger partial charge on any atom is -0.374 e. The van der Waals surface area contributed by atoms with Gasteiger partial charge in [-0.25, -0.2) is 4.39 Å². The highest BCUT2D eigenvalue weighted by Crippen LogP contribution is 2.21. The number of rotatable bonds is 7. The molecular weight excluding hydrogens is 399 g/mol. The Hall–Kier alpha value is -3.44. The first kappa shape index (κ1) is 22.2. The minimum absolute atomic E-state index is 0.0674. The van der Waals surface area contributed by atoms with Gasteiger partial charge in [0.25, 0.3) is 5.91 Å². The summed E-state index contributed by atoms with van der Waals surface area (Å²) in [6.45, 7) is 5.05. The summed E-state index contributed by atoms with van der Waals surface area (Å²) in [6, 6.07) is 12.4. The Morgan fingerprint density at radius 1 is 1.23 bits per heavy atom. The number of benzene rings is 2. The van der Waals surface area contributed by atoms with Crippen molar-refractivity contribution in [3.05, 3.63) is 53.8 Å². The number of halogens is 1. The Labute approximate surface area is 180 Å². The number of hydrogen-bond donors (Lipinski definition) is 2. The average molecular weight is 424 g/mol. The van der Waals surface area contributed by atoms with Gasteiger partial charge in [0.15, 0.2) is 0 Å². The van der Waals surface area contributed by atoms with E-state index in [0.29, 0.717) is 30.9 Å². The van der Waals surface area contributed by atoms with Crippen molar-refractivity contribution in [3.63, 3.8) is 0 Å². The minimum atomic E-state index is -0.600. The molecular formula is C23H25FN4O3. The first-order chi connectivity index (χ1) is 14.9. The highest BCUT2D eigenvalue weighted by molar-refractivity contribution is 5.98. The molecule has 2 aromatic carbocycles. The summed E-state index contributed by atoms with van der Waals surface area (Å²) in [5.41, 5.74) is 1.77. The number of carbonyl (C=O) groups excluding carboxylic acids is 2. The van der Waals surface area contributed by atoms with Gasteiger partial charge in [0.2, 0.25) is 5.91 Å². The number of carbonyl (C=O) groups is 2. The molecule has 1 aliphatic rings. The Kier molecular flexibility index (Phi) is 7.21. The van der Waals surface area contributed by atoms with Crippen LogP contribution in [0, 0.1) is 23.1 Å². The predicted molar refractivity (Wildman–Crippen MR) is 116 cm³/mol. The zero-order valence-electron chi connectivity index (χ0n) is 17.5. The number of nitrogens with one attached hydrogen (secondary N) is 2. The number of anilines is 3. The smallest absolute Gasteiger partial charge is 0.253 e. The van der Waals surface area contributed by atoms with Gasteiger partial charge < -0.3 is 20.3 Å². The second-order valence-corrected chi connectivity index (χ2v) is 7.77. The first-order valence-electron chi connectivity index (χ1n) is 10.1. The summed E-state index contributed by atoms with van der Waals surface area (Å²) in [5.74, 6) is -0.711. The Balaban J connectivity index is 1.70. The van der Waals surface area contributed by atoms with Gasteiger partial charge in [-0.3, -0.25) is 9.59 Å². The van der Waals surface area contributed by atoms with Crippen molar-refractivity contribution in [1.29, 1.82) is 5.26 Å². The fraction of sp³-hybridized carbons (Fsp3) is 0.348. The van der Waals surface area contributed by atoms with Crippen molar-refractivity contribution in [2.75, 3.05) is 35.3 Å². The van der Waals surface area contributed by atoms with Crippen LogP contribution in [0.15, 0.2) is 42.5 Å². The number of amides is 2. The number of ether oxygens (including phenoxy) is 1. The van der Waals surface area contributed by atoms with E-state index in [1.165, 1.54) is 18.2 Å². The lowest BCUT2D eigenvalue weighted by molar-refractivity contribution is -0.125. The van der Waals surface area contributed by atoms with Crippen LogP contribution in [-0.2, 0) is 14.3 Å². The maximum atomic E-state index is 13.6. The van der Waals surface area contributed by atoms with Crippen LogP contribution < -0.4 is 15.5 Å². The number of nitriles is 1. The molecule has 0 spiro atoms. The second-order valence-electron chi connectivity index (χ2n) is 7.77. The van der Waals surface area contributed by atoms with Crippen molar-refractivity contribution in [1.82, 2.24) is 0 Å². The first-order valence-corrected chi connectivity index (χ1v) is 10.1. The lowest BCUT2D eigenvalue weighted by Gasteiger charge is -2.27. The van der Waals surface area contributed by atoms with Gasteiger partial charge in [-0.2, -0.15) is 5.26 Å². The van der Waals surface area contributed by atoms with Crippen LogP contribution >= 0.6 is 0 Å². The van der Waals surface area contributed by atoms with E-state index in [9.17, 15) is 14.0 Å². The molecule has 0 aliphatic carbocycles. The molecule has 2 amide bonds. The fourth-order valence-corrected chi connectivity index (χ4v) is 3.35. The molecule has 2 aromatic rings. The topological polar surface area (TPSA) is 94.5 Å². The molecule has 162 valence electrons. The van der Waals surface area contributed by atoms with E-state index < -0.39 is 11.9 Å². The standard InChI is InChI=1S/C23H25FN4O3/c1-15(2)11-21(26-18-5-8-20(24)16(12-18)13-25)23(30)27-17-3-6-19(7-4-17)28-9-10-31-14-22(28)29/h3-8,12,15,21,26H,9-11,14H2,1-2H3,(H,27,30). The SMILES string of the molecule is CC(C)CC(Nc1ccc(F)c(C#N)c1)C(=O)Nc1ccc(N2CCOCC2=O)cc1. The highest BCUT2D eigenvalue weighted by atomic mass is 19.1. The van der Waals surface area contributed by atoms with Gasteiger partial charge in [0, 0.05) is 23.6 Å². The van der Waals surface area contributed by atoms with Gasteiger partial charge in [-0.05, 0) is 54.8 Å². The lowest BCUT2D eigenvalue weighted by Crippen LogP contribution is -2.41. The maximum absolute atomic E-state index is 13.6. The number of morpholine rings is 1. The molecule has 0 aromatic heterocycles. The molecule has 0 saturated carbocycles. The summed E-state index contributed by atoms with van der Waals surface area (Å²) in [5, 5.41) is 15.0. The fourth-order valence-electron chi connectivity index (χ4n) is 3.35. The van der Waals surface area contributed by atoms with E-state index in [4.69, 9.17) is 10.00 Å². The van der Waals surface area contributed by atoms with E-state index in [-0.39, 0.29) is 29.9 Å². The largest absolute Gasteiger partial charge is 0.374 e. The number of hydrogen-bond acceptors (Lipinski definition) is 5. The normalized spacial score (nSPS) is 14.8. The summed E-state index contributed by atoms with van der Waals surface area (Å²) < 4.78 is 18.7. The third-order valence-corrected chi connectivity index (χ3v) is 4.88. The molecule has 0 bridgehead atoms. The van der Waals surface area contributed by atoms with Crippen molar-refractivity contribution >= 4 is 28.9 Å². The molecule has 1 aliphatic heterocycles. The Morgan fingerprint density at radius 3 is 2.58 bits per heavy atom. The molecule has 2 N–H and O–H groups in total. The molecule has 1 fully saturated rings. The number of nitrogens with zero attached hydrogens (tertiary/aromatic N) is 2. The van der Waals surface area contributed by atoms with Crippen LogP contribution in [-0.4, -0.2) is 37.6 Å². The predicted octanol–water partition coefficient (Wildman–Crippen LogP) is 3.53. The van der Waals surface area contributed by atoms with Crippen LogP contribution in [0.25, 0.3) is 0 Å². The summed E-state index contributed by atoms with van der Waals surface area (Å²) >= 11 is 0. The van der Waals surface area contributed by atoms with Crippen molar-refractivity contribution in [2.24, 2.45) is 5.92 Å². The van der Waals surface area contributed by atoms with Crippen molar-refractivity contribution in [2.45, 2.75) is 26.3 Å². The van der Waals surface area contributed by atoms with Crippen molar-refractivity contribution < 1.29 is 18.7 Å². The van der Waals surface area contributed by atoms with Crippen molar-refractivity contribution in [3.8, 4) is 6.07 Å². The summed E-state index contributed by atoms with van der Waals surface area (Å²) in [6.07, 6.45) is 0.547. The third kappa shape index (κ3) is 5.80. The molecule has 31 heavy (non-hydrogen) atoms. The second kappa shape index (κ2) is 10.0. The highest BCUT2D eigenvalue weighted by Gasteiger charge is 2.22. The third-order valence-electron chi connectivity index (χ3n) is 4.88. The summed E-state index contributed by atoms with van der Waals surface area (Å²) in [7, 11) is 0. The molecule has 1 unspecified atom stereocenters. The molecule has 3 rings (SSSR count). The zero-order chi connectivity index (χ0) is 22.4. The van der Waals surface area contributed by atoms with E-state index >= 15 is 0 Å². The molecule has 0 radical (unpaired) electrons. The Bertz CT molecular complexity index is 985. The quantitative estimate of drug-likeness (QED) is 0.709.